The van der Waals surface area contributed by atoms with Gasteiger partial charge in [-0.15, -0.1) is 11.3 Å². The van der Waals surface area contributed by atoms with Crippen LogP contribution >= 0.6 is 23.1 Å². The largest absolute Gasteiger partial charge is 0.480 e. The van der Waals surface area contributed by atoms with Crippen LogP contribution < -0.4 is 5.32 Å². The molecule has 0 aliphatic carbocycles. The molecule has 0 fully saturated rings. The van der Waals surface area contributed by atoms with Crippen LogP contribution in [0.25, 0.3) is 0 Å². The van der Waals surface area contributed by atoms with Gasteiger partial charge in [0.2, 0.25) is 0 Å². The second kappa shape index (κ2) is 5.94. The molecule has 1 aliphatic rings. The summed E-state index contributed by atoms with van der Waals surface area (Å²) in [5.41, 5.74) is 1.16. The first kappa shape index (κ1) is 14.4. The van der Waals surface area contributed by atoms with Crippen molar-refractivity contribution in [1.82, 2.24) is 5.32 Å². The number of carboxylic acid groups (broad SMARTS) is 1. The third kappa shape index (κ3) is 3.29. The Labute approximate surface area is 119 Å². The van der Waals surface area contributed by atoms with Gasteiger partial charge >= 0.3 is 5.97 Å². The quantitative estimate of drug-likeness (QED) is 0.775. The van der Waals surface area contributed by atoms with Gasteiger partial charge in [-0.25, -0.2) is 4.79 Å². The summed E-state index contributed by atoms with van der Waals surface area (Å²) in [5.74, 6) is 0.288. The maximum atomic E-state index is 12.0. The minimum absolute atomic E-state index is 0.433. The van der Waals surface area contributed by atoms with E-state index in [0.29, 0.717) is 4.88 Å². The lowest BCUT2D eigenvalue weighted by atomic mass is 10.2. The highest BCUT2D eigenvalue weighted by Crippen LogP contribution is 2.31. The smallest absolute Gasteiger partial charge is 0.328 e. The number of carbonyl (C=O) groups is 2. The summed E-state index contributed by atoms with van der Waals surface area (Å²) in [4.78, 5) is 24.6. The lowest BCUT2D eigenvalue weighted by Crippen LogP contribution is -2.47. The molecular weight excluding hydrogens is 286 g/mol. The molecule has 2 rings (SSSR count). The number of rotatable bonds is 4. The molecule has 5 nitrogen and oxygen atoms in total. The average Bonchev–Trinajstić information content (AvgIpc) is 2.78. The first-order chi connectivity index (χ1) is 8.99. The average molecular weight is 301 g/mol. The minimum Gasteiger partial charge on any atom is -0.480 e. The van der Waals surface area contributed by atoms with Crippen molar-refractivity contribution in [2.24, 2.45) is 0 Å². The van der Waals surface area contributed by atoms with E-state index < -0.39 is 24.0 Å². The molecule has 3 N–H and O–H groups in total. The number of thiophene rings is 1. The monoisotopic (exact) mass is 301 g/mol. The standard InChI is InChI=1S/C12H15NO4S2/c1-6(14)10(12(16)17)13-11(15)9-4-7-5-18-3-2-8(7)19-9/h4,6,10,14H,2-3,5H2,1H3,(H,13,15)(H,16,17). The van der Waals surface area contributed by atoms with Gasteiger partial charge in [0.05, 0.1) is 11.0 Å². The van der Waals surface area contributed by atoms with Crippen molar-refractivity contribution in [2.45, 2.75) is 31.2 Å². The van der Waals surface area contributed by atoms with Gasteiger partial charge in [-0.3, -0.25) is 4.79 Å². The number of thioether (sulfide) groups is 1. The summed E-state index contributed by atoms with van der Waals surface area (Å²) >= 11 is 3.24. The van der Waals surface area contributed by atoms with Gasteiger partial charge in [0.15, 0.2) is 6.04 Å². The van der Waals surface area contributed by atoms with Crippen LogP contribution in [0.2, 0.25) is 0 Å². The van der Waals surface area contributed by atoms with Crippen molar-refractivity contribution in [3.63, 3.8) is 0 Å². The van der Waals surface area contributed by atoms with Crippen LogP contribution in [0.4, 0.5) is 0 Å². The lowest BCUT2D eigenvalue weighted by molar-refractivity contribution is -0.141. The van der Waals surface area contributed by atoms with E-state index in [4.69, 9.17) is 5.11 Å². The van der Waals surface area contributed by atoms with Crippen LogP contribution in [0.5, 0.6) is 0 Å². The molecule has 0 saturated carbocycles. The molecule has 19 heavy (non-hydrogen) atoms. The van der Waals surface area contributed by atoms with Crippen molar-refractivity contribution >= 4 is 35.0 Å². The van der Waals surface area contributed by atoms with Gasteiger partial charge in [-0.1, -0.05) is 0 Å². The molecule has 0 saturated heterocycles. The Balaban J connectivity index is 2.11. The summed E-state index contributed by atoms with van der Waals surface area (Å²) in [6.07, 6.45) is -0.178. The number of hydrogen-bond donors (Lipinski definition) is 3. The fraction of sp³-hybridized carbons (Fsp3) is 0.500. The number of amides is 1. The van der Waals surface area contributed by atoms with Gasteiger partial charge in [-0.05, 0) is 30.7 Å². The fourth-order valence-corrected chi connectivity index (χ4v) is 4.14. The number of nitrogens with one attached hydrogen (secondary N) is 1. The number of aliphatic hydroxyl groups is 1. The second-order valence-electron chi connectivity index (χ2n) is 4.39. The second-order valence-corrected chi connectivity index (χ2v) is 6.63. The molecule has 0 bridgehead atoms. The van der Waals surface area contributed by atoms with E-state index in [1.54, 1.807) is 0 Å². The van der Waals surface area contributed by atoms with Crippen molar-refractivity contribution < 1.29 is 19.8 Å². The van der Waals surface area contributed by atoms with E-state index in [1.165, 1.54) is 23.1 Å². The predicted octanol–water partition coefficient (Wildman–Crippen LogP) is 1.10. The van der Waals surface area contributed by atoms with Gasteiger partial charge in [0, 0.05) is 10.6 Å². The number of fused-ring (bicyclic) bond motifs is 1. The van der Waals surface area contributed by atoms with Crippen molar-refractivity contribution in [1.29, 1.82) is 0 Å². The van der Waals surface area contributed by atoms with E-state index in [9.17, 15) is 14.7 Å². The zero-order valence-electron chi connectivity index (χ0n) is 10.4. The molecule has 1 aromatic heterocycles. The SMILES string of the molecule is CC(O)C(NC(=O)c1cc2c(s1)CCSC2)C(=O)O. The van der Waals surface area contributed by atoms with Crippen LogP contribution in [-0.4, -0.2) is 40.0 Å². The first-order valence-corrected chi connectivity index (χ1v) is 7.87. The number of carboxylic acids is 1. The molecule has 1 aliphatic heterocycles. The van der Waals surface area contributed by atoms with Crippen LogP contribution in [0.3, 0.4) is 0 Å². The maximum absolute atomic E-state index is 12.0. The Morgan fingerprint density at radius 1 is 1.47 bits per heavy atom. The Morgan fingerprint density at radius 2 is 2.21 bits per heavy atom. The van der Waals surface area contributed by atoms with Crippen LogP contribution in [0.1, 0.15) is 27.0 Å². The van der Waals surface area contributed by atoms with Crippen LogP contribution in [-0.2, 0) is 17.0 Å². The zero-order valence-corrected chi connectivity index (χ0v) is 12.0. The topological polar surface area (TPSA) is 86.6 Å². The minimum atomic E-state index is -1.28. The third-order valence-electron chi connectivity index (χ3n) is 2.89. The number of hydrogen-bond acceptors (Lipinski definition) is 5. The van der Waals surface area contributed by atoms with E-state index in [1.807, 2.05) is 17.8 Å². The third-order valence-corrected chi connectivity index (χ3v) is 5.13. The normalized spacial score (nSPS) is 17.4. The van der Waals surface area contributed by atoms with Gasteiger partial charge in [-0.2, -0.15) is 11.8 Å². The van der Waals surface area contributed by atoms with Gasteiger partial charge < -0.3 is 15.5 Å². The van der Waals surface area contributed by atoms with E-state index in [0.717, 1.165) is 23.5 Å². The van der Waals surface area contributed by atoms with Gasteiger partial charge in [0.25, 0.3) is 5.91 Å². The summed E-state index contributed by atoms with van der Waals surface area (Å²) in [6, 6.07) is 0.545. The first-order valence-electron chi connectivity index (χ1n) is 5.90. The summed E-state index contributed by atoms with van der Waals surface area (Å²) in [7, 11) is 0. The van der Waals surface area contributed by atoms with Crippen molar-refractivity contribution in [2.75, 3.05) is 5.75 Å². The lowest BCUT2D eigenvalue weighted by Gasteiger charge is -2.16. The Kier molecular flexibility index (Phi) is 4.49. The molecule has 2 unspecified atom stereocenters. The molecule has 1 amide bonds. The number of carbonyl (C=O) groups excluding carboxylic acids is 1. The summed E-state index contributed by atoms with van der Waals surface area (Å²) in [6.45, 7) is 1.34. The molecule has 0 spiro atoms. The number of aliphatic carboxylic acids is 1. The molecule has 104 valence electrons. The molecular formula is C12H15NO4S2. The zero-order chi connectivity index (χ0) is 14.0. The fourth-order valence-electron chi connectivity index (χ4n) is 1.86. The van der Waals surface area contributed by atoms with Crippen LogP contribution in [0, 0.1) is 0 Å². The maximum Gasteiger partial charge on any atom is 0.328 e. The molecule has 1 aromatic rings. The Morgan fingerprint density at radius 3 is 2.79 bits per heavy atom. The van der Waals surface area contributed by atoms with Crippen LogP contribution in [0.15, 0.2) is 6.07 Å². The van der Waals surface area contributed by atoms with Crippen molar-refractivity contribution in [3.05, 3.63) is 21.4 Å². The summed E-state index contributed by atoms with van der Waals surface area (Å²) < 4.78 is 0. The van der Waals surface area contributed by atoms with E-state index >= 15 is 0 Å². The van der Waals surface area contributed by atoms with Gasteiger partial charge in [0.1, 0.15) is 0 Å². The number of aryl methyl sites for hydroxylation is 1. The highest BCUT2D eigenvalue weighted by Gasteiger charge is 2.26. The molecule has 2 heterocycles. The molecule has 7 heteroatoms. The molecule has 0 aromatic carbocycles. The highest BCUT2D eigenvalue weighted by molar-refractivity contribution is 7.98. The summed E-state index contributed by atoms with van der Waals surface area (Å²) in [5, 5.41) is 20.6. The Bertz CT molecular complexity index is 474. The molecule has 0 radical (unpaired) electrons. The van der Waals surface area contributed by atoms with Crippen molar-refractivity contribution in [3.8, 4) is 0 Å². The predicted molar refractivity (Wildman–Crippen MR) is 74.8 cm³/mol. The number of aliphatic hydroxyl groups excluding tert-OH is 1. The van der Waals surface area contributed by atoms with E-state index in [-0.39, 0.29) is 0 Å². The highest BCUT2D eigenvalue weighted by atomic mass is 32.2. The molecule has 2 atom stereocenters. The Hall–Kier alpha value is -1.05. The van der Waals surface area contributed by atoms with E-state index in [2.05, 4.69) is 5.32 Å².